The van der Waals surface area contributed by atoms with Crippen LogP contribution in [0.4, 0.5) is 4.39 Å². The smallest absolute Gasteiger partial charge is 0.240 e. The average Bonchev–Trinajstić information content (AvgIpc) is 2.76. The number of rotatable bonds is 10. The first-order chi connectivity index (χ1) is 15.3. The van der Waals surface area contributed by atoms with E-state index in [1.165, 1.54) is 24.3 Å². The van der Waals surface area contributed by atoms with E-state index in [1.54, 1.807) is 25.3 Å². The molecule has 2 aromatic rings. The third kappa shape index (κ3) is 6.40. The lowest BCUT2D eigenvalue weighted by Crippen LogP contribution is -2.46. The van der Waals surface area contributed by atoms with Gasteiger partial charge in [0.05, 0.1) is 30.3 Å². The van der Waals surface area contributed by atoms with Crippen molar-refractivity contribution in [1.82, 2.24) is 9.62 Å². The number of nitrogens with one attached hydrogen (secondary N) is 1. The number of hydrogen-bond acceptors (Lipinski definition) is 6. The van der Waals surface area contributed by atoms with Crippen molar-refractivity contribution in [3.63, 3.8) is 0 Å². The van der Waals surface area contributed by atoms with Crippen LogP contribution in [0.2, 0.25) is 5.02 Å². The Morgan fingerprint density at radius 1 is 1.25 bits per heavy atom. The van der Waals surface area contributed by atoms with E-state index in [0.717, 1.165) is 0 Å². The summed E-state index contributed by atoms with van der Waals surface area (Å²) < 4.78 is 59.2. The summed E-state index contributed by atoms with van der Waals surface area (Å²) >= 11 is 6.32. The summed E-state index contributed by atoms with van der Waals surface area (Å²) in [5.41, 5.74) is 0.271. The van der Waals surface area contributed by atoms with Crippen LogP contribution in [-0.4, -0.2) is 66.0 Å². The minimum Gasteiger partial charge on any atom is -0.491 e. The third-order valence-corrected chi connectivity index (χ3v) is 6.97. The largest absolute Gasteiger partial charge is 0.491 e. The van der Waals surface area contributed by atoms with Crippen LogP contribution in [0.25, 0.3) is 0 Å². The summed E-state index contributed by atoms with van der Waals surface area (Å²) in [5.74, 6) is 0.0673. The van der Waals surface area contributed by atoms with Gasteiger partial charge >= 0.3 is 0 Å². The molecule has 0 bridgehead atoms. The monoisotopic (exact) mass is 486 g/mol. The van der Waals surface area contributed by atoms with Crippen molar-refractivity contribution in [3.05, 3.63) is 58.9 Å². The molecule has 2 unspecified atom stereocenters. The molecule has 32 heavy (non-hydrogen) atoms. The van der Waals surface area contributed by atoms with Gasteiger partial charge in [-0.25, -0.2) is 17.5 Å². The van der Waals surface area contributed by atoms with E-state index in [2.05, 4.69) is 4.72 Å². The summed E-state index contributed by atoms with van der Waals surface area (Å²) in [6, 6.07) is 9.97. The van der Waals surface area contributed by atoms with Crippen molar-refractivity contribution in [2.24, 2.45) is 0 Å². The Kier molecular flexibility index (Phi) is 8.87. The van der Waals surface area contributed by atoms with Crippen molar-refractivity contribution < 1.29 is 27.0 Å². The molecule has 2 atom stereocenters. The quantitative estimate of drug-likeness (QED) is 0.519. The minimum atomic E-state index is -3.84. The summed E-state index contributed by atoms with van der Waals surface area (Å²) in [6.45, 7) is 4.22. The topological polar surface area (TPSA) is 77.1 Å². The molecule has 0 aliphatic carbocycles. The fourth-order valence-corrected chi connectivity index (χ4v) is 4.93. The molecule has 1 saturated heterocycles. The van der Waals surface area contributed by atoms with Crippen molar-refractivity contribution in [2.45, 2.75) is 24.0 Å². The predicted molar refractivity (Wildman–Crippen MR) is 120 cm³/mol. The second kappa shape index (κ2) is 11.4. The van der Waals surface area contributed by atoms with Gasteiger partial charge in [0.2, 0.25) is 10.0 Å². The van der Waals surface area contributed by atoms with Gasteiger partial charge in [-0.1, -0.05) is 17.7 Å². The molecular weight excluding hydrogens is 459 g/mol. The maximum Gasteiger partial charge on any atom is 0.240 e. The van der Waals surface area contributed by atoms with E-state index in [-0.39, 0.29) is 28.1 Å². The third-order valence-electron chi connectivity index (χ3n) is 5.20. The number of halogens is 2. The standard InChI is InChI=1S/C22H28ClFN2O5S/c1-16-15-26(10-11-30-16)21(22-19(23)4-3-5-20(22)24)14-25-32(27,28)18-8-6-17(7-9-18)31-13-12-29-2/h3-9,16,21,25H,10-15H2,1-2H3. The molecule has 0 aromatic heterocycles. The maximum atomic E-state index is 14.7. The Balaban J connectivity index is 1.77. The van der Waals surface area contributed by atoms with Crippen molar-refractivity contribution >= 4 is 21.6 Å². The Morgan fingerprint density at radius 2 is 2.00 bits per heavy atom. The van der Waals surface area contributed by atoms with E-state index in [9.17, 15) is 12.8 Å². The molecule has 176 valence electrons. The van der Waals surface area contributed by atoms with Gasteiger partial charge in [-0.2, -0.15) is 0 Å². The highest BCUT2D eigenvalue weighted by Crippen LogP contribution is 2.31. The molecule has 3 rings (SSSR count). The Bertz CT molecular complexity index is 970. The predicted octanol–water partition coefficient (Wildman–Crippen LogP) is 3.24. The molecule has 0 spiro atoms. The molecule has 1 aliphatic heterocycles. The van der Waals surface area contributed by atoms with Crippen LogP contribution in [-0.2, 0) is 19.5 Å². The van der Waals surface area contributed by atoms with E-state index in [4.69, 9.17) is 25.8 Å². The molecule has 0 radical (unpaired) electrons. The van der Waals surface area contributed by atoms with Crippen LogP contribution in [0.5, 0.6) is 5.75 Å². The molecule has 1 aliphatic rings. The number of methoxy groups -OCH3 is 1. The van der Waals surface area contributed by atoms with Crippen LogP contribution in [0, 0.1) is 5.82 Å². The van der Waals surface area contributed by atoms with Crippen LogP contribution in [0.15, 0.2) is 47.4 Å². The normalized spacial score (nSPS) is 18.4. The zero-order valence-corrected chi connectivity index (χ0v) is 19.7. The van der Waals surface area contributed by atoms with Crippen LogP contribution in [0.1, 0.15) is 18.5 Å². The molecule has 10 heteroatoms. The van der Waals surface area contributed by atoms with Gasteiger partial charge in [0.25, 0.3) is 0 Å². The van der Waals surface area contributed by atoms with Crippen molar-refractivity contribution in [1.29, 1.82) is 0 Å². The fraction of sp³-hybridized carbons (Fsp3) is 0.455. The summed E-state index contributed by atoms with van der Waals surface area (Å²) in [7, 11) is -2.26. The zero-order chi connectivity index (χ0) is 23.1. The van der Waals surface area contributed by atoms with Gasteiger partial charge in [0.15, 0.2) is 0 Å². The number of ether oxygens (including phenoxy) is 3. The molecule has 0 amide bonds. The van der Waals surface area contributed by atoms with E-state index in [1.807, 2.05) is 11.8 Å². The van der Waals surface area contributed by atoms with Crippen LogP contribution < -0.4 is 9.46 Å². The van der Waals surface area contributed by atoms with Gasteiger partial charge in [0.1, 0.15) is 18.2 Å². The van der Waals surface area contributed by atoms with Crippen LogP contribution in [0.3, 0.4) is 0 Å². The number of hydrogen-bond donors (Lipinski definition) is 1. The Morgan fingerprint density at radius 3 is 2.66 bits per heavy atom. The first kappa shape index (κ1) is 24.9. The summed E-state index contributed by atoms with van der Waals surface area (Å²) in [4.78, 5) is 2.08. The first-order valence-electron chi connectivity index (χ1n) is 10.3. The molecule has 1 N–H and O–H groups in total. The summed E-state index contributed by atoms with van der Waals surface area (Å²) in [6.07, 6.45) is -0.0564. The van der Waals surface area contributed by atoms with Gasteiger partial charge in [-0.15, -0.1) is 0 Å². The SMILES string of the molecule is COCCOc1ccc(S(=O)(=O)NCC(c2c(F)cccc2Cl)N2CCOC(C)C2)cc1. The first-order valence-corrected chi connectivity index (χ1v) is 12.2. The van der Waals surface area contributed by atoms with Gasteiger partial charge < -0.3 is 14.2 Å². The van der Waals surface area contributed by atoms with Crippen LogP contribution >= 0.6 is 11.6 Å². The fourth-order valence-electron chi connectivity index (χ4n) is 3.60. The minimum absolute atomic E-state index is 0.0399. The number of sulfonamides is 1. The van der Waals surface area contributed by atoms with Crippen molar-refractivity contribution in [2.75, 3.05) is 46.6 Å². The van der Waals surface area contributed by atoms with Crippen molar-refractivity contribution in [3.8, 4) is 5.75 Å². The average molecular weight is 487 g/mol. The molecular formula is C22H28ClFN2O5S. The lowest BCUT2D eigenvalue weighted by molar-refractivity contribution is -0.0342. The zero-order valence-electron chi connectivity index (χ0n) is 18.1. The molecule has 1 fully saturated rings. The molecule has 2 aromatic carbocycles. The summed E-state index contributed by atoms with van der Waals surface area (Å²) in [5, 5.41) is 0.255. The number of benzene rings is 2. The second-order valence-electron chi connectivity index (χ2n) is 7.49. The molecule has 1 heterocycles. The number of nitrogens with zero attached hydrogens (tertiary/aromatic N) is 1. The Labute approximate surface area is 193 Å². The van der Waals surface area contributed by atoms with E-state index >= 15 is 0 Å². The van der Waals surface area contributed by atoms with E-state index in [0.29, 0.717) is 38.7 Å². The van der Waals surface area contributed by atoms with Gasteiger partial charge in [-0.3, -0.25) is 4.90 Å². The molecule has 0 saturated carbocycles. The highest BCUT2D eigenvalue weighted by Gasteiger charge is 2.30. The lowest BCUT2D eigenvalue weighted by Gasteiger charge is -2.38. The second-order valence-corrected chi connectivity index (χ2v) is 9.67. The molecule has 7 nitrogen and oxygen atoms in total. The number of morpholine rings is 1. The highest BCUT2D eigenvalue weighted by atomic mass is 35.5. The maximum absolute atomic E-state index is 14.7. The van der Waals surface area contributed by atoms with Gasteiger partial charge in [-0.05, 0) is 43.3 Å². The highest BCUT2D eigenvalue weighted by molar-refractivity contribution is 7.89. The lowest BCUT2D eigenvalue weighted by atomic mass is 10.0. The van der Waals surface area contributed by atoms with Gasteiger partial charge in [0, 0.05) is 37.3 Å². The van der Waals surface area contributed by atoms with E-state index < -0.39 is 21.9 Å². The Hall–Kier alpha value is -1.75.